The minimum Gasteiger partial charge on any atom is -0.480 e. The van der Waals surface area contributed by atoms with E-state index in [-0.39, 0.29) is 12.1 Å². The Morgan fingerprint density at radius 2 is 2.23 bits per heavy atom. The highest BCUT2D eigenvalue weighted by molar-refractivity contribution is 9.10. The first-order valence-electron chi connectivity index (χ1n) is 7.09. The van der Waals surface area contributed by atoms with Gasteiger partial charge >= 0.3 is 6.09 Å². The molecule has 0 aliphatic carbocycles. The van der Waals surface area contributed by atoms with E-state index < -0.39 is 5.60 Å². The molecule has 0 radical (unpaired) electrons. The largest absolute Gasteiger partial charge is 0.480 e. The van der Waals surface area contributed by atoms with Crippen LogP contribution in [0.3, 0.4) is 0 Å². The molecule has 8 heteroatoms. The molecule has 2 rings (SSSR count). The minimum atomic E-state index is -0.481. The fourth-order valence-electron chi connectivity index (χ4n) is 2.12. The zero-order valence-electron chi connectivity index (χ0n) is 13.2. The van der Waals surface area contributed by atoms with Crippen LogP contribution in [0.5, 0.6) is 5.88 Å². The van der Waals surface area contributed by atoms with Crippen molar-refractivity contribution < 1.29 is 14.3 Å². The standard InChI is InChI=1S/C14H21BrN4O3/c1-14(2,3)22-13(20)19-6-5-9(8-19)17-12-16-7-10(15)11(18-12)21-4/h7,9H,5-6,8H2,1-4H3,(H,16,17,18). The van der Waals surface area contributed by atoms with Crippen molar-refractivity contribution in [3.05, 3.63) is 10.7 Å². The Morgan fingerprint density at radius 1 is 1.50 bits per heavy atom. The molecule has 1 saturated heterocycles. The zero-order chi connectivity index (χ0) is 16.3. The zero-order valence-corrected chi connectivity index (χ0v) is 14.8. The van der Waals surface area contributed by atoms with Crippen molar-refractivity contribution in [2.24, 2.45) is 0 Å². The van der Waals surface area contributed by atoms with Crippen LogP contribution in [0.15, 0.2) is 10.7 Å². The van der Waals surface area contributed by atoms with Gasteiger partial charge in [-0.25, -0.2) is 9.78 Å². The molecule has 0 spiro atoms. The van der Waals surface area contributed by atoms with E-state index in [0.29, 0.717) is 29.4 Å². The molecule has 0 aromatic carbocycles. The van der Waals surface area contributed by atoms with Crippen LogP contribution in [0.25, 0.3) is 0 Å². The number of carbonyl (C=O) groups excluding carboxylic acids is 1. The van der Waals surface area contributed by atoms with Crippen LogP contribution < -0.4 is 10.1 Å². The molecule has 1 fully saturated rings. The summed E-state index contributed by atoms with van der Waals surface area (Å²) >= 11 is 3.31. The Labute approximate surface area is 138 Å². The minimum absolute atomic E-state index is 0.0957. The Bertz CT molecular complexity index is 547. The monoisotopic (exact) mass is 372 g/mol. The quantitative estimate of drug-likeness (QED) is 0.878. The van der Waals surface area contributed by atoms with Crippen LogP contribution in [-0.4, -0.2) is 52.8 Å². The Morgan fingerprint density at radius 3 is 2.86 bits per heavy atom. The van der Waals surface area contributed by atoms with Crippen LogP contribution in [0.4, 0.5) is 10.7 Å². The summed E-state index contributed by atoms with van der Waals surface area (Å²) in [5.41, 5.74) is -0.481. The van der Waals surface area contributed by atoms with Gasteiger partial charge in [-0.2, -0.15) is 4.98 Å². The summed E-state index contributed by atoms with van der Waals surface area (Å²) in [6, 6.07) is 0.0957. The van der Waals surface area contributed by atoms with Gasteiger partial charge in [-0.1, -0.05) is 0 Å². The van der Waals surface area contributed by atoms with Gasteiger partial charge in [0.05, 0.1) is 17.8 Å². The lowest BCUT2D eigenvalue weighted by Crippen LogP contribution is -2.36. The number of aromatic nitrogens is 2. The molecule has 0 saturated carbocycles. The van der Waals surface area contributed by atoms with Gasteiger partial charge in [0, 0.05) is 19.1 Å². The van der Waals surface area contributed by atoms with Crippen molar-refractivity contribution >= 4 is 28.0 Å². The van der Waals surface area contributed by atoms with Crippen LogP contribution in [-0.2, 0) is 4.74 Å². The van der Waals surface area contributed by atoms with Gasteiger partial charge in [0.1, 0.15) is 5.60 Å². The summed E-state index contributed by atoms with van der Waals surface area (Å²) in [6.45, 7) is 6.80. The number of amides is 1. The topological polar surface area (TPSA) is 76.6 Å². The first-order valence-corrected chi connectivity index (χ1v) is 7.89. The Balaban J connectivity index is 1.92. The van der Waals surface area contributed by atoms with Crippen molar-refractivity contribution in [3.8, 4) is 5.88 Å². The van der Waals surface area contributed by atoms with Gasteiger partial charge in [-0.15, -0.1) is 0 Å². The van der Waals surface area contributed by atoms with E-state index in [1.165, 1.54) is 0 Å². The van der Waals surface area contributed by atoms with Gasteiger partial charge in [0.2, 0.25) is 11.8 Å². The Kier molecular flexibility index (Phi) is 5.10. The van der Waals surface area contributed by atoms with Crippen molar-refractivity contribution in [3.63, 3.8) is 0 Å². The van der Waals surface area contributed by atoms with E-state index in [4.69, 9.17) is 9.47 Å². The molecule has 7 nitrogen and oxygen atoms in total. The number of rotatable bonds is 3. The highest BCUT2D eigenvalue weighted by Crippen LogP contribution is 2.23. The average Bonchev–Trinajstić information content (AvgIpc) is 2.87. The summed E-state index contributed by atoms with van der Waals surface area (Å²) in [5.74, 6) is 0.954. The highest BCUT2D eigenvalue weighted by atomic mass is 79.9. The molecule has 1 atom stereocenters. The molecule has 1 aliphatic rings. The summed E-state index contributed by atoms with van der Waals surface area (Å²) in [4.78, 5) is 22.2. The maximum atomic E-state index is 12.0. The number of nitrogens with one attached hydrogen (secondary N) is 1. The molecule has 1 amide bonds. The molecule has 22 heavy (non-hydrogen) atoms. The van der Waals surface area contributed by atoms with Crippen LogP contribution in [0, 0.1) is 0 Å². The number of hydrogen-bond donors (Lipinski definition) is 1. The van der Waals surface area contributed by atoms with E-state index in [0.717, 1.165) is 6.42 Å². The summed E-state index contributed by atoms with van der Waals surface area (Å²) < 4.78 is 11.2. The number of likely N-dealkylation sites (tertiary alicyclic amines) is 1. The van der Waals surface area contributed by atoms with Crippen molar-refractivity contribution in [2.45, 2.75) is 38.8 Å². The Hall–Kier alpha value is -1.57. The number of methoxy groups -OCH3 is 1. The molecule has 1 aromatic heterocycles. The second-order valence-corrected chi connectivity index (χ2v) is 6.96. The summed E-state index contributed by atoms with van der Waals surface area (Å²) in [7, 11) is 1.55. The first kappa shape index (κ1) is 16.8. The average molecular weight is 373 g/mol. The van der Waals surface area contributed by atoms with Crippen molar-refractivity contribution in [2.75, 3.05) is 25.5 Å². The fraction of sp³-hybridized carbons (Fsp3) is 0.643. The van der Waals surface area contributed by atoms with Crippen LogP contribution >= 0.6 is 15.9 Å². The molecule has 1 unspecified atom stereocenters. The van der Waals surface area contributed by atoms with E-state index in [2.05, 4.69) is 31.2 Å². The number of ether oxygens (including phenoxy) is 2. The maximum absolute atomic E-state index is 12.0. The van der Waals surface area contributed by atoms with Gasteiger partial charge in [0.25, 0.3) is 0 Å². The summed E-state index contributed by atoms with van der Waals surface area (Å²) in [5, 5.41) is 3.22. The smallest absolute Gasteiger partial charge is 0.410 e. The lowest BCUT2D eigenvalue weighted by atomic mass is 10.2. The molecule has 1 aliphatic heterocycles. The van der Waals surface area contributed by atoms with E-state index >= 15 is 0 Å². The lowest BCUT2D eigenvalue weighted by Gasteiger charge is -2.24. The molecule has 1 N–H and O–H groups in total. The van der Waals surface area contributed by atoms with Gasteiger partial charge in [-0.3, -0.25) is 0 Å². The van der Waals surface area contributed by atoms with Crippen molar-refractivity contribution in [1.29, 1.82) is 0 Å². The fourth-order valence-corrected chi connectivity index (χ4v) is 2.47. The van der Waals surface area contributed by atoms with Crippen LogP contribution in [0.1, 0.15) is 27.2 Å². The number of anilines is 1. The molecule has 2 heterocycles. The molecular weight excluding hydrogens is 352 g/mol. The molecular formula is C14H21BrN4O3. The molecule has 122 valence electrons. The van der Waals surface area contributed by atoms with Crippen LogP contribution in [0.2, 0.25) is 0 Å². The van der Waals surface area contributed by atoms with E-state index in [1.807, 2.05) is 20.8 Å². The third kappa shape index (κ3) is 4.46. The second-order valence-electron chi connectivity index (χ2n) is 6.11. The molecule has 1 aromatic rings. The highest BCUT2D eigenvalue weighted by Gasteiger charge is 2.30. The van der Waals surface area contributed by atoms with Gasteiger partial charge in [0.15, 0.2) is 0 Å². The predicted octanol–water partition coefficient (Wildman–Crippen LogP) is 2.67. The van der Waals surface area contributed by atoms with Crippen molar-refractivity contribution in [1.82, 2.24) is 14.9 Å². The number of halogens is 1. The third-order valence-corrected chi connectivity index (χ3v) is 3.62. The molecule has 0 bridgehead atoms. The third-order valence-electron chi connectivity index (χ3n) is 3.08. The SMILES string of the molecule is COc1nc(NC2CCN(C(=O)OC(C)(C)C)C2)ncc1Br. The number of carbonyl (C=O) groups is 1. The number of hydrogen-bond acceptors (Lipinski definition) is 6. The lowest BCUT2D eigenvalue weighted by molar-refractivity contribution is 0.0293. The normalized spacial score (nSPS) is 18.2. The van der Waals surface area contributed by atoms with Gasteiger partial charge < -0.3 is 19.7 Å². The number of nitrogens with zero attached hydrogens (tertiary/aromatic N) is 3. The second kappa shape index (κ2) is 6.68. The maximum Gasteiger partial charge on any atom is 0.410 e. The summed E-state index contributed by atoms with van der Waals surface area (Å²) in [6.07, 6.45) is 2.17. The van der Waals surface area contributed by atoms with Gasteiger partial charge in [-0.05, 0) is 43.1 Å². The first-order chi connectivity index (χ1) is 10.3. The van der Waals surface area contributed by atoms with E-state index in [9.17, 15) is 4.79 Å². The predicted molar refractivity (Wildman–Crippen MR) is 86.1 cm³/mol. The van der Waals surface area contributed by atoms with E-state index in [1.54, 1.807) is 18.2 Å².